The highest BCUT2D eigenvalue weighted by Crippen LogP contribution is 2.20. The van der Waals surface area contributed by atoms with E-state index >= 15 is 0 Å². The van der Waals surface area contributed by atoms with E-state index in [1.807, 2.05) is 42.8 Å². The molecular formula is C18H18ClN3O2. The Labute approximate surface area is 145 Å². The van der Waals surface area contributed by atoms with Gasteiger partial charge < -0.3 is 14.6 Å². The molecule has 0 aliphatic rings. The molecule has 3 aromatic rings. The summed E-state index contributed by atoms with van der Waals surface area (Å²) >= 11 is 5.97. The van der Waals surface area contributed by atoms with E-state index in [4.69, 9.17) is 16.3 Å². The number of rotatable bonds is 5. The van der Waals surface area contributed by atoms with Gasteiger partial charge in [0.1, 0.15) is 11.6 Å². The first-order chi connectivity index (χ1) is 11.5. The van der Waals surface area contributed by atoms with Crippen LogP contribution in [0.1, 0.15) is 11.4 Å². The zero-order valence-corrected chi connectivity index (χ0v) is 14.3. The summed E-state index contributed by atoms with van der Waals surface area (Å²) in [5.41, 5.74) is 2.86. The molecule has 5 nitrogen and oxygen atoms in total. The summed E-state index contributed by atoms with van der Waals surface area (Å²) in [5, 5.41) is 3.50. The van der Waals surface area contributed by atoms with Crippen LogP contribution in [-0.4, -0.2) is 22.1 Å². The number of fused-ring (bicyclic) bond motifs is 1. The number of nitrogens with one attached hydrogen (secondary N) is 1. The Morgan fingerprint density at radius 2 is 2.08 bits per heavy atom. The molecule has 0 saturated carbocycles. The maximum absolute atomic E-state index is 12.0. The molecule has 0 unspecified atom stereocenters. The number of nitrogens with zero attached hydrogens (tertiary/aromatic N) is 2. The monoisotopic (exact) mass is 343 g/mol. The molecule has 2 aromatic carbocycles. The van der Waals surface area contributed by atoms with Gasteiger partial charge >= 0.3 is 0 Å². The number of halogens is 1. The minimum Gasteiger partial charge on any atom is -0.484 e. The maximum atomic E-state index is 12.0. The number of para-hydroxylation sites is 2. The van der Waals surface area contributed by atoms with Crippen LogP contribution in [0.2, 0.25) is 5.02 Å². The molecule has 1 N–H and O–H groups in total. The summed E-state index contributed by atoms with van der Waals surface area (Å²) in [7, 11) is 1.93. The highest BCUT2D eigenvalue weighted by molar-refractivity contribution is 6.31. The number of benzene rings is 2. The summed E-state index contributed by atoms with van der Waals surface area (Å²) in [6.45, 7) is 2.19. The minimum absolute atomic E-state index is 0.0506. The van der Waals surface area contributed by atoms with Gasteiger partial charge in [-0.15, -0.1) is 0 Å². The van der Waals surface area contributed by atoms with Crippen LogP contribution in [0.3, 0.4) is 0 Å². The topological polar surface area (TPSA) is 56.1 Å². The smallest absolute Gasteiger partial charge is 0.258 e. The van der Waals surface area contributed by atoms with E-state index < -0.39 is 0 Å². The average molecular weight is 344 g/mol. The molecule has 124 valence electrons. The van der Waals surface area contributed by atoms with Crippen LogP contribution < -0.4 is 10.1 Å². The van der Waals surface area contributed by atoms with E-state index in [9.17, 15) is 4.79 Å². The number of hydrogen-bond donors (Lipinski definition) is 1. The molecule has 0 atom stereocenters. The summed E-state index contributed by atoms with van der Waals surface area (Å²) in [6, 6.07) is 13.2. The molecule has 0 aliphatic carbocycles. The highest BCUT2D eigenvalue weighted by atomic mass is 35.5. The lowest BCUT2D eigenvalue weighted by Crippen LogP contribution is -2.29. The molecule has 0 saturated heterocycles. The van der Waals surface area contributed by atoms with Crippen molar-refractivity contribution >= 4 is 28.5 Å². The lowest BCUT2D eigenvalue weighted by molar-refractivity contribution is -0.123. The van der Waals surface area contributed by atoms with Crippen LogP contribution in [0.25, 0.3) is 11.0 Å². The summed E-state index contributed by atoms with van der Waals surface area (Å²) < 4.78 is 7.45. The number of hydrogen-bond acceptors (Lipinski definition) is 3. The van der Waals surface area contributed by atoms with Gasteiger partial charge in [-0.05, 0) is 42.8 Å². The first-order valence-electron chi connectivity index (χ1n) is 7.60. The quantitative estimate of drug-likeness (QED) is 0.773. The number of aryl methyl sites for hydroxylation is 2. The SMILES string of the molecule is Cc1cc(OCC(=O)NCc2nc3ccccc3n2C)ccc1Cl. The molecule has 6 heteroatoms. The number of amides is 1. The molecule has 0 aliphatic heterocycles. The molecule has 3 rings (SSSR count). The number of carbonyl (C=O) groups excluding carboxylic acids is 1. The van der Waals surface area contributed by atoms with Gasteiger partial charge in [-0.1, -0.05) is 23.7 Å². The Hall–Kier alpha value is -2.53. The summed E-state index contributed by atoms with van der Waals surface area (Å²) in [5.74, 6) is 1.22. The van der Waals surface area contributed by atoms with Crippen molar-refractivity contribution in [2.75, 3.05) is 6.61 Å². The van der Waals surface area contributed by atoms with Crippen molar-refractivity contribution in [2.24, 2.45) is 7.05 Å². The van der Waals surface area contributed by atoms with E-state index in [1.165, 1.54) is 0 Å². The molecule has 0 fully saturated rings. The Balaban J connectivity index is 1.56. The lowest BCUT2D eigenvalue weighted by Gasteiger charge is -2.08. The van der Waals surface area contributed by atoms with Gasteiger partial charge in [0.2, 0.25) is 0 Å². The van der Waals surface area contributed by atoms with Crippen molar-refractivity contribution < 1.29 is 9.53 Å². The Bertz CT molecular complexity index is 889. The van der Waals surface area contributed by atoms with Crippen LogP contribution in [0.5, 0.6) is 5.75 Å². The van der Waals surface area contributed by atoms with Crippen molar-refractivity contribution in [3.63, 3.8) is 0 Å². The predicted molar refractivity (Wildman–Crippen MR) is 94.2 cm³/mol. The third-order valence-corrected chi connectivity index (χ3v) is 4.25. The van der Waals surface area contributed by atoms with Gasteiger partial charge in [0.05, 0.1) is 17.6 Å². The predicted octanol–water partition coefficient (Wildman–Crippen LogP) is 3.23. The number of imidazole rings is 1. The number of carbonyl (C=O) groups is 1. The van der Waals surface area contributed by atoms with Gasteiger partial charge in [0.25, 0.3) is 5.91 Å². The van der Waals surface area contributed by atoms with E-state index in [-0.39, 0.29) is 12.5 Å². The van der Waals surface area contributed by atoms with Crippen molar-refractivity contribution in [1.82, 2.24) is 14.9 Å². The molecule has 1 aromatic heterocycles. The van der Waals surface area contributed by atoms with Crippen molar-refractivity contribution in [3.05, 3.63) is 58.9 Å². The van der Waals surface area contributed by atoms with Crippen LogP contribution in [-0.2, 0) is 18.4 Å². The van der Waals surface area contributed by atoms with Gasteiger partial charge in [0.15, 0.2) is 6.61 Å². The average Bonchev–Trinajstić information content (AvgIpc) is 2.90. The van der Waals surface area contributed by atoms with Crippen LogP contribution in [0.4, 0.5) is 0 Å². The molecule has 1 amide bonds. The standard InChI is InChI=1S/C18H18ClN3O2/c1-12-9-13(7-8-14(12)19)24-11-18(23)20-10-17-21-15-5-3-4-6-16(15)22(17)2/h3-9H,10-11H2,1-2H3,(H,20,23). The van der Waals surface area contributed by atoms with Gasteiger partial charge in [-0.3, -0.25) is 4.79 Å². The number of ether oxygens (including phenoxy) is 1. The van der Waals surface area contributed by atoms with E-state index in [0.29, 0.717) is 17.3 Å². The first kappa shape index (κ1) is 16.3. The van der Waals surface area contributed by atoms with Gasteiger partial charge in [-0.2, -0.15) is 0 Å². The molecule has 0 bridgehead atoms. The summed E-state index contributed by atoms with van der Waals surface area (Å²) in [6.07, 6.45) is 0. The Morgan fingerprint density at radius 3 is 2.83 bits per heavy atom. The van der Waals surface area contributed by atoms with Crippen LogP contribution in [0.15, 0.2) is 42.5 Å². The van der Waals surface area contributed by atoms with E-state index in [1.54, 1.807) is 18.2 Å². The fraction of sp³-hybridized carbons (Fsp3) is 0.222. The van der Waals surface area contributed by atoms with Crippen molar-refractivity contribution in [3.8, 4) is 5.75 Å². The van der Waals surface area contributed by atoms with Crippen molar-refractivity contribution in [2.45, 2.75) is 13.5 Å². The van der Waals surface area contributed by atoms with E-state index in [0.717, 1.165) is 22.4 Å². The third-order valence-electron chi connectivity index (χ3n) is 3.82. The second kappa shape index (κ2) is 6.93. The zero-order valence-electron chi connectivity index (χ0n) is 13.5. The molecule has 0 spiro atoms. The molecule has 1 heterocycles. The van der Waals surface area contributed by atoms with Gasteiger partial charge in [0, 0.05) is 12.1 Å². The normalized spacial score (nSPS) is 10.8. The fourth-order valence-electron chi connectivity index (χ4n) is 2.44. The minimum atomic E-state index is -0.199. The maximum Gasteiger partial charge on any atom is 0.258 e. The second-order valence-electron chi connectivity index (χ2n) is 5.55. The largest absolute Gasteiger partial charge is 0.484 e. The Kier molecular flexibility index (Phi) is 4.71. The van der Waals surface area contributed by atoms with E-state index in [2.05, 4.69) is 10.3 Å². The molecule has 24 heavy (non-hydrogen) atoms. The van der Waals surface area contributed by atoms with Gasteiger partial charge in [-0.25, -0.2) is 4.98 Å². The number of aromatic nitrogens is 2. The van der Waals surface area contributed by atoms with Crippen LogP contribution in [0, 0.1) is 6.92 Å². The molecular weight excluding hydrogens is 326 g/mol. The Morgan fingerprint density at radius 1 is 1.29 bits per heavy atom. The molecule has 0 radical (unpaired) electrons. The zero-order chi connectivity index (χ0) is 17.1. The lowest BCUT2D eigenvalue weighted by atomic mass is 10.2. The fourth-order valence-corrected chi connectivity index (χ4v) is 2.56. The second-order valence-corrected chi connectivity index (χ2v) is 5.96. The summed E-state index contributed by atoms with van der Waals surface area (Å²) in [4.78, 5) is 16.5. The van der Waals surface area contributed by atoms with Crippen LogP contribution >= 0.6 is 11.6 Å². The van der Waals surface area contributed by atoms with Crippen molar-refractivity contribution in [1.29, 1.82) is 0 Å². The first-order valence-corrected chi connectivity index (χ1v) is 7.98. The highest BCUT2D eigenvalue weighted by Gasteiger charge is 2.09. The third kappa shape index (κ3) is 3.51.